The Morgan fingerprint density at radius 3 is 2.38 bits per heavy atom. The van der Waals surface area contributed by atoms with Gasteiger partial charge in [0.05, 0.1) is 12.7 Å². The normalized spacial score (nSPS) is 47.4. The van der Waals surface area contributed by atoms with Gasteiger partial charge in [-0.15, -0.1) is 0 Å². The van der Waals surface area contributed by atoms with Crippen molar-refractivity contribution in [2.45, 2.75) is 63.5 Å². The van der Waals surface area contributed by atoms with Crippen LogP contribution in [0, 0.1) is 17.8 Å². The van der Waals surface area contributed by atoms with E-state index in [1.165, 1.54) is 51.4 Å². The van der Waals surface area contributed by atoms with E-state index >= 15 is 0 Å². The highest BCUT2D eigenvalue weighted by atomic mass is 16.5. The van der Waals surface area contributed by atoms with Gasteiger partial charge in [0.25, 0.3) is 0 Å². The van der Waals surface area contributed by atoms with E-state index in [0.717, 1.165) is 24.4 Å². The fourth-order valence-electron chi connectivity index (χ4n) is 4.10. The van der Waals surface area contributed by atoms with E-state index in [9.17, 15) is 0 Å². The van der Waals surface area contributed by atoms with Crippen LogP contribution in [0.2, 0.25) is 0 Å². The zero-order valence-electron chi connectivity index (χ0n) is 10.2. The highest BCUT2D eigenvalue weighted by Gasteiger charge is 2.39. The molecule has 0 aliphatic heterocycles. The van der Waals surface area contributed by atoms with Gasteiger partial charge in [-0.05, 0) is 62.7 Å². The maximum atomic E-state index is 6.11. The lowest BCUT2D eigenvalue weighted by Gasteiger charge is -2.29. The van der Waals surface area contributed by atoms with Crippen molar-refractivity contribution in [3.05, 3.63) is 0 Å². The second kappa shape index (κ2) is 4.66. The topological polar surface area (TPSA) is 35.2 Å². The summed E-state index contributed by atoms with van der Waals surface area (Å²) in [7, 11) is 0. The minimum absolute atomic E-state index is 0.447. The van der Waals surface area contributed by atoms with E-state index in [4.69, 9.17) is 10.5 Å². The Hall–Kier alpha value is -0.0800. The van der Waals surface area contributed by atoms with Gasteiger partial charge in [0.1, 0.15) is 0 Å². The molecule has 3 aliphatic rings. The Bertz CT molecular complexity index is 235. The molecule has 0 aromatic heterocycles. The molecule has 0 radical (unpaired) electrons. The van der Waals surface area contributed by atoms with Crippen molar-refractivity contribution in [3.63, 3.8) is 0 Å². The first kappa shape index (κ1) is 11.0. The number of ether oxygens (including phenoxy) is 1. The van der Waals surface area contributed by atoms with E-state index in [2.05, 4.69) is 0 Å². The van der Waals surface area contributed by atoms with Crippen LogP contribution in [0.25, 0.3) is 0 Å². The van der Waals surface area contributed by atoms with Crippen molar-refractivity contribution in [2.75, 3.05) is 6.61 Å². The largest absolute Gasteiger partial charge is 0.378 e. The molecule has 2 N–H and O–H groups in total. The van der Waals surface area contributed by atoms with Gasteiger partial charge in [0.2, 0.25) is 0 Å². The molecule has 3 rings (SSSR count). The third kappa shape index (κ3) is 2.28. The molecule has 3 saturated carbocycles. The number of fused-ring (bicyclic) bond motifs is 2. The maximum Gasteiger partial charge on any atom is 0.0576 e. The van der Waals surface area contributed by atoms with Gasteiger partial charge >= 0.3 is 0 Å². The quantitative estimate of drug-likeness (QED) is 0.798. The van der Waals surface area contributed by atoms with Crippen LogP contribution in [0.4, 0.5) is 0 Å². The Balaban J connectivity index is 1.40. The SMILES string of the molecule is NC1CCC(OCC2CC3CCC2C3)CC1. The molecular weight excluding hydrogens is 198 g/mol. The minimum Gasteiger partial charge on any atom is -0.378 e. The zero-order chi connectivity index (χ0) is 11.0. The van der Waals surface area contributed by atoms with Crippen LogP contribution in [0.3, 0.4) is 0 Å². The van der Waals surface area contributed by atoms with E-state index in [1.54, 1.807) is 0 Å². The molecule has 0 saturated heterocycles. The summed E-state index contributed by atoms with van der Waals surface area (Å²) >= 11 is 0. The monoisotopic (exact) mass is 223 g/mol. The molecule has 3 unspecified atom stereocenters. The maximum absolute atomic E-state index is 6.11. The van der Waals surface area contributed by atoms with Gasteiger partial charge < -0.3 is 10.5 Å². The standard InChI is InChI=1S/C14H25NO/c15-13-3-5-14(6-4-13)16-9-12-8-10-1-2-11(12)7-10/h10-14H,1-9,15H2. The molecule has 0 aromatic rings. The highest BCUT2D eigenvalue weighted by molar-refractivity contribution is 4.90. The van der Waals surface area contributed by atoms with Gasteiger partial charge in [-0.25, -0.2) is 0 Å². The van der Waals surface area contributed by atoms with Crippen molar-refractivity contribution in [2.24, 2.45) is 23.5 Å². The highest BCUT2D eigenvalue weighted by Crippen LogP contribution is 2.48. The Labute approximate surface area is 98.9 Å². The van der Waals surface area contributed by atoms with Crippen LogP contribution in [0.15, 0.2) is 0 Å². The molecule has 92 valence electrons. The summed E-state index contributed by atoms with van der Waals surface area (Å²) < 4.78 is 6.11. The van der Waals surface area contributed by atoms with Crippen molar-refractivity contribution in [3.8, 4) is 0 Å². The van der Waals surface area contributed by atoms with Gasteiger partial charge in [0.15, 0.2) is 0 Å². The summed E-state index contributed by atoms with van der Waals surface area (Å²) in [5.74, 6) is 2.96. The van der Waals surface area contributed by atoms with Crippen molar-refractivity contribution in [1.82, 2.24) is 0 Å². The van der Waals surface area contributed by atoms with Crippen molar-refractivity contribution >= 4 is 0 Å². The lowest BCUT2D eigenvalue weighted by molar-refractivity contribution is -0.00490. The zero-order valence-corrected chi connectivity index (χ0v) is 10.2. The molecular formula is C14H25NO. The molecule has 3 atom stereocenters. The smallest absolute Gasteiger partial charge is 0.0576 e. The molecule has 0 heterocycles. The van der Waals surface area contributed by atoms with E-state index in [-0.39, 0.29) is 0 Å². The van der Waals surface area contributed by atoms with Crippen molar-refractivity contribution < 1.29 is 4.74 Å². The van der Waals surface area contributed by atoms with Crippen LogP contribution in [0.1, 0.15) is 51.4 Å². The molecule has 0 aromatic carbocycles. The lowest BCUT2D eigenvalue weighted by Crippen LogP contribution is -2.31. The van der Waals surface area contributed by atoms with Crippen LogP contribution < -0.4 is 5.73 Å². The summed E-state index contributed by atoms with van der Waals surface area (Å²) in [6, 6.07) is 0.447. The van der Waals surface area contributed by atoms with Gasteiger partial charge in [-0.3, -0.25) is 0 Å². The number of hydrogen-bond donors (Lipinski definition) is 1. The fourth-order valence-corrected chi connectivity index (χ4v) is 4.10. The molecule has 0 spiro atoms. The average Bonchev–Trinajstić information content (AvgIpc) is 2.90. The van der Waals surface area contributed by atoms with Gasteiger partial charge in [0, 0.05) is 6.04 Å². The Morgan fingerprint density at radius 2 is 1.75 bits per heavy atom. The predicted molar refractivity (Wildman–Crippen MR) is 65.1 cm³/mol. The third-order valence-electron chi connectivity index (χ3n) is 5.15. The molecule has 0 amide bonds. The van der Waals surface area contributed by atoms with Crippen LogP contribution >= 0.6 is 0 Å². The first-order valence-corrected chi connectivity index (χ1v) is 7.18. The molecule has 3 fully saturated rings. The van der Waals surface area contributed by atoms with Gasteiger partial charge in [-0.2, -0.15) is 0 Å². The lowest BCUT2D eigenvalue weighted by atomic mass is 9.89. The molecule has 16 heavy (non-hydrogen) atoms. The van der Waals surface area contributed by atoms with Crippen LogP contribution in [-0.2, 0) is 4.74 Å². The average molecular weight is 223 g/mol. The van der Waals surface area contributed by atoms with Crippen molar-refractivity contribution in [1.29, 1.82) is 0 Å². The third-order valence-corrected chi connectivity index (χ3v) is 5.15. The summed E-state index contributed by atoms with van der Waals surface area (Å²) in [5, 5.41) is 0. The van der Waals surface area contributed by atoms with E-state index in [1.807, 2.05) is 0 Å². The first-order chi connectivity index (χ1) is 7.81. The van der Waals surface area contributed by atoms with Crippen LogP contribution in [-0.4, -0.2) is 18.8 Å². The number of rotatable bonds is 3. The molecule has 2 nitrogen and oxygen atoms in total. The fraction of sp³-hybridized carbons (Fsp3) is 1.00. The first-order valence-electron chi connectivity index (χ1n) is 7.18. The second-order valence-corrected chi connectivity index (χ2v) is 6.31. The Kier molecular flexibility index (Phi) is 3.21. The van der Waals surface area contributed by atoms with E-state index < -0.39 is 0 Å². The van der Waals surface area contributed by atoms with Gasteiger partial charge in [-0.1, -0.05) is 6.42 Å². The molecule has 2 heteroatoms. The molecule has 2 bridgehead atoms. The minimum atomic E-state index is 0.447. The summed E-state index contributed by atoms with van der Waals surface area (Å²) in [6.07, 6.45) is 11.2. The predicted octanol–water partition coefficient (Wildman–Crippen LogP) is 2.71. The second-order valence-electron chi connectivity index (χ2n) is 6.31. The molecule has 3 aliphatic carbocycles. The number of hydrogen-bond acceptors (Lipinski definition) is 2. The Morgan fingerprint density at radius 1 is 0.938 bits per heavy atom. The number of nitrogens with two attached hydrogens (primary N) is 1. The van der Waals surface area contributed by atoms with Crippen LogP contribution in [0.5, 0.6) is 0 Å². The summed E-state index contributed by atoms with van der Waals surface area (Å²) in [4.78, 5) is 0. The summed E-state index contributed by atoms with van der Waals surface area (Å²) in [5.41, 5.74) is 5.91. The summed E-state index contributed by atoms with van der Waals surface area (Å²) in [6.45, 7) is 1.04. The van der Waals surface area contributed by atoms with E-state index in [0.29, 0.717) is 12.1 Å².